The lowest BCUT2D eigenvalue weighted by Crippen LogP contribution is -2.59. The third kappa shape index (κ3) is 4.93. The molecule has 0 aromatic heterocycles. The van der Waals surface area contributed by atoms with Crippen molar-refractivity contribution in [1.82, 2.24) is 5.32 Å². The minimum absolute atomic E-state index is 0.0528. The first-order valence-electron chi connectivity index (χ1n) is 13.9. The molecule has 4 bridgehead atoms. The number of fused-ring (bicyclic) bond motifs is 1. The van der Waals surface area contributed by atoms with Crippen LogP contribution in [0.15, 0.2) is 54.6 Å². The van der Waals surface area contributed by atoms with Crippen LogP contribution in [-0.2, 0) is 17.6 Å². The molecule has 5 nitrogen and oxygen atoms in total. The number of alkyl halides is 3. The van der Waals surface area contributed by atoms with E-state index in [0.717, 1.165) is 61.6 Å². The summed E-state index contributed by atoms with van der Waals surface area (Å²) in [7, 11) is 0. The number of amides is 1. The van der Waals surface area contributed by atoms with Gasteiger partial charge in [0.15, 0.2) is 0 Å². The molecule has 3 aromatic rings. The van der Waals surface area contributed by atoms with Crippen molar-refractivity contribution in [1.29, 1.82) is 0 Å². The fourth-order valence-electron chi connectivity index (χ4n) is 7.92. The molecule has 2 N–H and O–H groups in total. The van der Waals surface area contributed by atoms with E-state index in [-0.39, 0.29) is 17.9 Å². The minimum Gasteiger partial charge on any atom is -0.487 e. The number of rotatable bonds is 7. The van der Waals surface area contributed by atoms with E-state index in [2.05, 4.69) is 5.32 Å². The number of nitrogens with one attached hydrogen (secondary N) is 1. The molecule has 0 saturated heterocycles. The molecule has 210 valence electrons. The van der Waals surface area contributed by atoms with Crippen LogP contribution in [0.25, 0.3) is 10.8 Å². The summed E-state index contributed by atoms with van der Waals surface area (Å²) in [4.78, 5) is 26.4. The number of halogens is 3. The van der Waals surface area contributed by atoms with Crippen molar-refractivity contribution in [3.8, 4) is 5.75 Å². The van der Waals surface area contributed by atoms with Crippen LogP contribution < -0.4 is 10.1 Å². The molecule has 1 atom stereocenters. The summed E-state index contributed by atoms with van der Waals surface area (Å²) in [5.41, 5.74) is 0.554. The maximum atomic E-state index is 13.8. The zero-order chi connectivity index (χ0) is 28.2. The molecule has 8 heteroatoms. The Hall–Kier alpha value is -3.55. The highest BCUT2D eigenvalue weighted by Gasteiger charge is 2.56. The van der Waals surface area contributed by atoms with Crippen molar-refractivity contribution in [3.05, 3.63) is 76.9 Å². The van der Waals surface area contributed by atoms with Gasteiger partial charge in [-0.1, -0.05) is 42.0 Å². The van der Waals surface area contributed by atoms with Crippen LogP contribution in [0.4, 0.5) is 13.2 Å². The van der Waals surface area contributed by atoms with Crippen LogP contribution in [0.1, 0.15) is 65.6 Å². The van der Waals surface area contributed by atoms with Crippen LogP contribution in [0, 0.1) is 30.1 Å². The number of carboxylic acid groups (broad SMARTS) is 1. The normalized spacial score (nSPS) is 26.1. The maximum absolute atomic E-state index is 13.8. The van der Waals surface area contributed by atoms with Gasteiger partial charge in [0.2, 0.25) is 0 Å². The Morgan fingerprint density at radius 3 is 2.17 bits per heavy atom. The summed E-state index contributed by atoms with van der Waals surface area (Å²) in [5.74, 6) is 0.321. The average molecular weight is 552 g/mol. The average Bonchev–Trinajstić information content (AvgIpc) is 2.88. The highest BCUT2D eigenvalue weighted by atomic mass is 19.4. The predicted molar refractivity (Wildman–Crippen MR) is 144 cm³/mol. The molecule has 1 unspecified atom stereocenters. The predicted octanol–water partition coefficient (Wildman–Crippen LogP) is 7.15. The molecule has 0 aliphatic heterocycles. The highest BCUT2D eigenvalue weighted by molar-refractivity contribution is 6.05. The maximum Gasteiger partial charge on any atom is 0.416 e. The fraction of sp³-hybridized carbons (Fsp3) is 0.438. The number of hydrogen-bond acceptors (Lipinski definition) is 3. The molecular formula is C32H32F3NO4. The van der Waals surface area contributed by atoms with Gasteiger partial charge < -0.3 is 15.2 Å². The van der Waals surface area contributed by atoms with Gasteiger partial charge in [0.1, 0.15) is 18.4 Å². The fourth-order valence-corrected chi connectivity index (χ4v) is 7.92. The smallest absolute Gasteiger partial charge is 0.416 e. The second-order valence-corrected chi connectivity index (χ2v) is 12.2. The van der Waals surface area contributed by atoms with Gasteiger partial charge >= 0.3 is 12.1 Å². The number of aliphatic carboxylic acids is 1. The van der Waals surface area contributed by atoms with Crippen molar-refractivity contribution in [3.63, 3.8) is 0 Å². The molecule has 7 rings (SSSR count). The van der Waals surface area contributed by atoms with Crippen molar-refractivity contribution < 1.29 is 32.6 Å². The van der Waals surface area contributed by atoms with Gasteiger partial charge in [-0.2, -0.15) is 13.2 Å². The zero-order valence-corrected chi connectivity index (χ0v) is 22.3. The summed E-state index contributed by atoms with van der Waals surface area (Å²) in [5, 5.41) is 14.7. The molecule has 4 aliphatic rings. The van der Waals surface area contributed by atoms with E-state index in [0.29, 0.717) is 28.7 Å². The summed E-state index contributed by atoms with van der Waals surface area (Å²) in [6, 6.07) is 12.9. The zero-order valence-electron chi connectivity index (χ0n) is 22.3. The molecule has 4 saturated carbocycles. The minimum atomic E-state index is -4.44. The summed E-state index contributed by atoms with van der Waals surface area (Å²) in [6.07, 6.45) is 1.51. The van der Waals surface area contributed by atoms with Crippen molar-refractivity contribution in [2.24, 2.45) is 23.2 Å². The van der Waals surface area contributed by atoms with Gasteiger partial charge in [0, 0.05) is 10.8 Å². The van der Waals surface area contributed by atoms with Gasteiger partial charge in [-0.15, -0.1) is 0 Å². The van der Waals surface area contributed by atoms with Crippen LogP contribution >= 0.6 is 0 Å². The lowest BCUT2D eigenvalue weighted by molar-refractivity contribution is -0.150. The summed E-state index contributed by atoms with van der Waals surface area (Å²) < 4.78 is 45.1. The molecular weight excluding hydrogens is 519 g/mol. The second kappa shape index (κ2) is 9.82. The van der Waals surface area contributed by atoms with Crippen LogP contribution in [-0.4, -0.2) is 23.0 Å². The molecule has 0 spiro atoms. The van der Waals surface area contributed by atoms with Crippen molar-refractivity contribution >= 4 is 22.6 Å². The molecule has 0 radical (unpaired) electrons. The van der Waals surface area contributed by atoms with E-state index in [4.69, 9.17) is 4.74 Å². The van der Waals surface area contributed by atoms with Gasteiger partial charge in [-0.05, 0) is 92.4 Å². The Morgan fingerprint density at radius 1 is 0.975 bits per heavy atom. The van der Waals surface area contributed by atoms with Crippen LogP contribution in [0.3, 0.4) is 0 Å². The largest absolute Gasteiger partial charge is 0.487 e. The Kier molecular flexibility index (Phi) is 6.55. The lowest BCUT2D eigenvalue weighted by Gasteiger charge is -2.58. The first kappa shape index (κ1) is 26.7. The lowest BCUT2D eigenvalue weighted by atomic mass is 9.47. The number of aryl methyl sites for hydroxylation is 1. The SMILES string of the molecule is Cc1ccc2c(OCc3ccc(C(F)(F)F)cc3)c(C(=O)NC(C(=O)O)C34CC5CC(CC(C5)C3)C4)ccc2c1. The number of ether oxygens (including phenoxy) is 1. The van der Waals surface area contributed by atoms with E-state index < -0.39 is 35.1 Å². The van der Waals surface area contributed by atoms with E-state index in [9.17, 15) is 27.9 Å². The highest BCUT2D eigenvalue weighted by Crippen LogP contribution is 2.61. The van der Waals surface area contributed by atoms with E-state index in [1.807, 2.05) is 31.2 Å². The van der Waals surface area contributed by atoms with Gasteiger partial charge in [-0.25, -0.2) is 4.79 Å². The monoisotopic (exact) mass is 551 g/mol. The molecule has 1 amide bonds. The molecule has 0 heterocycles. The Bertz CT molecular complexity index is 1430. The number of hydrogen-bond donors (Lipinski definition) is 2. The topological polar surface area (TPSA) is 75.6 Å². The van der Waals surface area contributed by atoms with Gasteiger partial charge in [0.05, 0.1) is 11.1 Å². The van der Waals surface area contributed by atoms with Crippen LogP contribution in [0.2, 0.25) is 0 Å². The van der Waals surface area contributed by atoms with Crippen molar-refractivity contribution in [2.45, 2.75) is 64.3 Å². The third-order valence-electron chi connectivity index (χ3n) is 9.26. The Morgan fingerprint density at radius 2 is 1.60 bits per heavy atom. The first-order chi connectivity index (χ1) is 19.0. The molecule has 40 heavy (non-hydrogen) atoms. The van der Waals surface area contributed by atoms with E-state index in [1.54, 1.807) is 6.07 Å². The van der Waals surface area contributed by atoms with Gasteiger partial charge in [0.25, 0.3) is 5.91 Å². The van der Waals surface area contributed by atoms with Gasteiger partial charge in [-0.3, -0.25) is 4.79 Å². The number of carboxylic acids is 1. The standard InChI is InChI=1S/C32H32F3NO4/c1-18-2-8-25-23(10-18)5-9-26(27(25)40-17-19-3-6-24(7-4-19)32(33,34)35)29(37)36-28(30(38)39)31-14-20-11-21(15-31)13-22(12-20)16-31/h2-10,20-22,28H,11-17H2,1H3,(H,36,37)(H,38,39). The van der Waals surface area contributed by atoms with E-state index in [1.165, 1.54) is 12.1 Å². The Balaban J connectivity index is 1.30. The molecule has 4 aliphatic carbocycles. The first-order valence-corrected chi connectivity index (χ1v) is 13.9. The van der Waals surface area contributed by atoms with Crippen molar-refractivity contribution in [2.75, 3.05) is 0 Å². The number of benzene rings is 3. The van der Waals surface area contributed by atoms with E-state index >= 15 is 0 Å². The summed E-state index contributed by atoms with van der Waals surface area (Å²) in [6.45, 7) is 1.90. The Labute approximate surface area is 230 Å². The molecule has 3 aromatic carbocycles. The molecule has 4 fully saturated rings. The van der Waals surface area contributed by atoms with Crippen LogP contribution in [0.5, 0.6) is 5.75 Å². The quantitative estimate of drug-likeness (QED) is 0.327. The summed E-state index contributed by atoms with van der Waals surface area (Å²) >= 11 is 0. The number of carbonyl (C=O) groups is 2. The third-order valence-corrected chi connectivity index (χ3v) is 9.26. The second-order valence-electron chi connectivity index (χ2n) is 12.2. The number of carbonyl (C=O) groups excluding carboxylic acids is 1.